The van der Waals surface area contributed by atoms with E-state index in [1.54, 1.807) is 0 Å². The molecule has 0 fully saturated rings. The fourth-order valence-electron chi connectivity index (χ4n) is 1.43. The summed E-state index contributed by atoms with van der Waals surface area (Å²) >= 11 is 5.78. The molecule has 0 aromatic heterocycles. The number of nitrogens with one attached hydrogen (secondary N) is 2. The Morgan fingerprint density at radius 2 is 2.10 bits per heavy atom. The molecule has 0 unspecified atom stereocenters. The van der Waals surface area contributed by atoms with Gasteiger partial charge < -0.3 is 10.1 Å². The second-order valence-electron chi connectivity index (χ2n) is 3.97. The minimum absolute atomic E-state index is 0.101. The van der Waals surface area contributed by atoms with E-state index in [1.807, 2.05) is 6.92 Å². The molecule has 2 N–H and O–H groups in total. The molecule has 0 saturated carbocycles. The molecular formula is C12H17ClN2O4S. The summed E-state index contributed by atoms with van der Waals surface area (Å²) in [7, 11) is -2.51. The van der Waals surface area contributed by atoms with Crippen LogP contribution in [0.1, 0.15) is 13.3 Å². The molecule has 0 aliphatic rings. The molecule has 6 nitrogen and oxygen atoms in total. The highest BCUT2D eigenvalue weighted by Gasteiger charge is 2.20. The second-order valence-corrected chi connectivity index (χ2v) is 6.14. The van der Waals surface area contributed by atoms with Crippen molar-refractivity contribution < 1.29 is 17.9 Å². The van der Waals surface area contributed by atoms with Crippen molar-refractivity contribution in [2.24, 2.45) is 0 Å². The number of hydrogen-bond donors (Lipinski definition) is 2. The Bertz CT molecular complexity index is 575. The van der Waals surface area contributed by atoms with E-state index in [1.165, 1.54) is 25.3 Å². The zero-order chi connectivity index (χ0) is 15.2. The standard InChI is InChI=1S/C12H17ClN2O4S/c1-3-6-14-12(16)8-15-20(17,18)11-7-9(13)4-5-10(11)19-2/h4-5,7,15H,3,6,8H2,1-2H3,(H,14,16). The quantitative estimate of drug-likeness (QED) is 0.789. The second kappa shape index (κ2) is 7.47. The van der Waals surface area contributed by atoms with Crippen LogP contribution < -0.4 is 14.8 Å². The Kier molecular flexibility index (Phi) is 6.25. The molecular weight excluding hydrogens is 304 g/mol. The average Bonchev–Trinajstić information content (AvgIpc) is 2.43. The molecule has 0 bridgehead atoms. The first-order valence-corrected chi connectivity index (χ1v) is 7.86. The molecule has 1 aromatic rings. The van der Waals surface area contributed by atoms with Crippen molar-refractivity contribution in [2.45, 2.75) is 18.2 Å². The lowest BCUT2D eigenvalue weighted by atomic mass is 10.3. The number of amides is 1. The maximum absolute atomic E-state index is 12.1. The van der Waals surface area contributed by atoms with Crippen LogP contribution in [0.25, 0.3) is 0 Å². The zero-order valence-corrected chi connectivity index (χ0v) is 12.8. The Labute approximate surface area is 123 Å². The fourth-order valence-corrected chi connectivity index (χ4v) is 2.84. The molecule has 0 aliphatic heterocycles. The van der Waals surface area contributed by atoms with Crippen molar-refractivity contribution in [3.05, 3.63) is 23.2 Å². The van der Waals surface area contributed by atoms with Gasteiger partial charge in [-0.05, 0) is 24.6 Å². The van der Waals surface area contributed by atoms with Gasteiger partial charge in [-0.2, -0.15) is 0 Å². The number of halogens is 1. The van der Waals surface area contributed by atoms with Crippen LogP contribution >= 0.6 is 11.6 Å². The average molecular weight is 321 g/mol. The highest BCUT2D eigenvalue weighted by Crippen LogP contribution is 2.26. The monoisotopic (exact) mass is 320 g/mol. The first-order chi connectivity index (χ1) is 9.40. The molecule has 112 valence electrons. The number of sulfonamides is 1. The molecule has 0 saturated heterocycles. The molecule has 0 atom stereocenters. The fraction of sp³-hybridized carbons (Fsp3) is 0.417. The van der Waals surface area contributed by atoms with Crippen molar-refractivity contribution in [3.8, 4) is 5.75 Å². The van der Waals surface area contributed by atoms with Crippen LogP contribution in [0.15, 0.2) is 23.1 Å². The van der Waals surface area contributed by atoms with Crippen molar-refractivity contribution >= 4 is 27.5 Å². The summed E-state index contributed by atoms with van der Waals surface area (Å²) in [5.41, 5.74) is 0. The predicted octanol–water partition coefficient (Wildman–Crippen LogP) is 1.15. The summed E-state index contributed by atoms with van der Waals surface area (Å²) in [5.74, 6) is -0.229. The van der Waals surface area contributed by atoms with Gasteiger partial charge in [0.15, 0.2) is 0 Å². The number of benzene rings is 1. The minimum Gasteiger partial charge on any atom is -0.495 e. The lowest BCUT2D eigenvalue weighted by molar-refractivity contribution is -0.119. The van der Waals surface area contributed by atoms with E-state index in [-0.39, 0.29) is 22.2 Å². The van der Waals surface area contributed by atoms with Gasteiger partial charge in [-0.3, -0.25) is 4.79 Å². The maximum atomic E-state index is 12.1. The summed E-state index contributed by atoms with van der Waals surface area (Å²) in [6, 6.07) is 4.24. The van der Waals surface area contributed by atoms with Crippen LogP contribution in [0.5, 0.6) is 5.75 Å². The van der Waals surface area contributed by atoms with E-state index in [4.69, 9.17) is 16.3 Å². The van der Waals surface area contributed by atoms with Gasteiger partial charge in [0.2, 0.25) is 15.9 Å². The molecule has 1 amide bonds. The van der Waals surface area contributed by atoms with Crippen molar-refractivity contribution in [1.29, 1.82) is 0 Å². The van der Waals surface area contributed by atoms with E-state index in [0.717, 1.165) is 6.42 Å². The van der Waals surface area contributed by atoms with E-state index in [2.05, 4.69) is 10.0 Å². The topological polar surface area (TPSA) is 84.5 Å². The minimum atomic E-state index is -3.87. The largest absolute Gasteiger partial charge is 0.495 e. The third kappa shape index (κ3) is 4.66. The van der Waals surface area contributed by atoms with Crippen molar-refractivity contribution in [2.75, 3.05) is 20.2 Å². The van der Waals surface area contributed by atoms with Gasteiger partial charge in [-0.25, -0.2) is 13.1 Å². The molecule has 1 aromatic carbocycles. The molecule has 8 heteroatoms. The van der Waals surface area contributed by atoms with Crippen LogP contribution in [-0.4, -0.2) is 34.5 Å². The number of rotatable bonds is 7. The first kappa shape index (κ1) is 16.7. The first-order valence-electron chi connectivity index (χ1n) is 6.00. The third-order valence-electron chi connectivity index (χ3n) is 2.41. The summed E-state index contributed by atoms with van der Waals surface area (Å²) in [5, 5.41) is 2.84. The van der Waals surface area contributed by atoms with Gasteiger partial charge in [0, 0.05) is 11.6 Å². The number of carbonyl (C=O) groups excluding carboxylic acids is 1. The summed E-state index contributed by atoms with van der Waals surface area (Å²) in [6.07, 6.45) is 0.778. The van der Waals surface area contributed by atoms with Crippen LogP contribution in [0.3, 0.4) is 0 Å². The highest BCUT2D eigenvalue weighted by molar-refractivity contribution is 7.89. The molecule has 0 heterocycles. The summed E-state index contributed by atoms with van der Waals surface area (Å²) in [6.45, 7) is 2.07. The summed E-state index contributed by atoms with van der Waals surface area (Å²) in [4.78, 5) is 11.3. The van der Waals surface area contributed by atoms with Crippen LogP contribution in [-0.2, 0) is 14.8 Å². The SMILES string of the molecule is CCCNC(=O)CNS(=O)(=O)c1cc(Cl)ccc1OC. The van der Waals surface area contributed by atoms with E-state index in [9.17, 15) is 13.2 Å². The molecule has 20 heavy (non-hydrogen) atoms. The Hall–Kier alpha value is -1.31. The van der Waals surface area contributed by atoms with Crippen LogP contribution in [0, 0.1) is 0 Å². The van der Waals surface area contributed by atoms with Gasteiger partial charge in [0.1, 0.15) is 10.6 Å². The maximum Gasteiger partial charge on any atom is 0.244 e. The Morgan fingerprint density at radius 1 is 1.40 bits per heavy atom. The molecule has 0 aliphatic carbocycles. The van der Waals surface area contributed by atoms with Crippen LogP contribution in [0.2, 0.25) is 5.02 Å². The zero-order valence-electron chi connectivity index (χ0n) is 11.3. The Balaban J connectivity index is 2.84. The van der Waals surface area contributed by atoms with Gasteiger partial charge in [0.05, 0.1) is 13.7 Å². The highest BCUT2D eigenvalue weighted by atomic mass is 35.5. The van der Waals surface area contributed by atoms with Crippen molar-refractivity contribution in [1.82, 2.24) is 10.0 Å². The number of ether oxygens (including phenoxy) is 1. The lowest BCUT2D eigenvalue weighted by Crippen LogP contribution is -2.37. The molecule has 0 radical (unpaired) electrons. The third-order valence-corrected chi connectivity index (χ3v) is 4.07. The van der Waals surface area contributed by atoms with Gasteiger partial charge in [-0.1, -0.05) is 18.5 Å². The van der Waals surface area contributed by atoms with Gasteiger partial charge in [-0.15, -0.1) is 0 Å². The number of methoxy groups -OCH3 is 1. The van der Waals surface area contributed by atoms with Gasteiger partial charge >= 0.3 is 0 Å². The molecule has 0 spiro atoms. The number of hydrogen-bond acceptors (Lipinski definition) is 4. The van der Waals surface area contributed by atoms with Gasteiger partial charge in [0.25, 0.3) is 0 Å². The predicted molar refractivity (Wildman–Crippen MR) is 76.5 cm³/mol. The smallest absolute Gasteiger partial charge is 0.244 e. The normalized spacial score (nSPS) is 11.2. The van der Waals surface area contributed by atoms with E-state index in [0.29, 0.717) is 6.54 Å². The van der Waals surface area contributed by atoms with E-state index >= 15 is 0 Å². The number of carbonyl (C=O) groups is 1. The lowest BCUT2D eigenvalue weighted by Gasteiger charge is -2.11. The Morgan fingerprint density at radius 3 is 2.70 bits per heavy atom. The summed E-state index contributed by atoms with van der Waals surface area (Å²) < 4.78 is 31.4. The van der Waals surface area contributed by atoms with Crippen LogP contribution in [0.4, 0.5) is 0 Å². The van der Waals surface area contributed by atoms with E-state index < -0.39 is 15.9 Å². The molecule has 1 rings (SSSR count). The van der Waals surface area contributed by atoms with Crippen molar-refractivity contribution in [3.63, 3.8) is 0 Å².